The molecule has 1 aliphatic rings. The summed E-state index contributed by atoms with van der Waals surface area (Å²) in [6.07, 6.45) is 1.49. The molecule has 0 saturated carbocycles. The van der Waals surface area contributed by atoms with Crippen molar-refractivity contribution in [2.75, 3.05) is 0 Å². The van der Waals surface area contributed by atoms with Crippen LogP contribution in [-0.2, 0) is 12.8 Å². The van der Waals surface area contributed by atoms with Crippen LogP contribution >= 0.6 is 11.3 Å². The Labute approximate surface area is 87.7 Å². The van der Waals surface area contributed by atoms with Crippen LogP contribution in [0.25, 0.3) is 0 Å². The van der Waals surface area contributed by atoms with E-state index in [0.717, 1.165) is 24.1 Å². The lowest BCUT2D eigenvalue weighted by atomic mass is 9.93. The molecule has 0 amide bonds. The molecule has 72 valence electrons. The van der Waals surface area contributed by atoms with Gasteiger partial charge in [-0.1, -0.05) is 0 Å². The number of hydrogen-bond acceptors (Lipinski definition) is 3. The maximum atomic E-state index is 8.90. The quantitative estimate of drug-likeness (QED) is 0.704. The van der Waals surface area contributed by atoms with Crippen molar-refractivity contribution in [2.45, 2.75) is 26.7 Å². The SMILES string of the molecule is Cc1sc2c(c1C)CC(C#N)=C(N)C2. The van der Waals surface area contributed by atoms with Crippen molar-refractivity contribution in [3.05, 3.63) is 32.2 Å². The van der Waals surface area contributed by atoms with Gasteiger partial charge in [-0.2, -0.15) is 5.26 Å². The number of hydrogen-bond donors (Lipinski definition) is 1. The average molecular weight is 204 g/mol. The van der Waals surface area contributed by atoms with Crippen molar-refractivity contribution < 1.29 is 0 Å². The molecule has 1 aliphatic carbocycles. The van der Waals surface area contributed by atoms with Crippen LogP contribution in [0.1, 0.15) is 20.9 Å². The average Bonchev–Trinajstić information content (AvgIpc) is 2.41. The number of thiophene rings is 1. The first-order valence-electron chi connectivity index (χ1n) is 4.58. The van der Waals surface area contributed by atoms with Gasteiger partial charge in [-0.3, -0.25) is 0 Å². The van der Waals surface area contributed by atoms with Crippen molar-refractivity contribution in [3.63, 3.8) is 0 Å². The maximum absolute atomic E-state index is 8.90. The fourth-order valence-electron chi connectivity index (χ4n) is 1.80. The van der Waals surface area contributed by atoms with Gasteiger partial charge in [-0.15, -0.1) is 11.3 Å². The summed E-state index contributed by atoms with van der Waals surface area (Å²) in [5, 5.41) is 8.90. The normalized spacial score (nSPS) is 15.2. The summed E-state index contributed by atoms with van der Waals surface area (Å²) in [6.45, 7) is 4.25. The molecule has 2 N–H and O–H groups in total. The Morgan fingerprint density at radius 3 is 2.71 bits per heavy atom. The third kappa shape index (κ3) is 1.23. The van der Waals surface area contributed by atoms with Gasteiger partial charge in [-0.25, -0.2) is 0 Å². The van der Waals surface area contributed by atoms with Crippen LogP contribution in [0.4, 0.5) is 0 Å². The minimum absolute atomic E-state index is 0.730. The topological polar surface area (TPSA) is 49.8 Å². The molecule has 0 aliphatic heterocycles. The van der Waals surface area contributed by atoms with Crippen LogP contribution in [0.2, 0.25) is 0 Å². The van der Waals surface area contributed by atoms with Crippen LogP contribution in [-0.4, -0.2) is 0 Å². The van der Waals surface area contributed by atoms with Crippen molar-refractivity contribution in [2.24, 2.45) is 5.73 Å². The van der Waals surface area contributed by atoms with Crippen molar-refractivity contribution in [1.29, 1.82) is 5.26 Å². The second-order valence-corrected chi connectivity index (χ2v) is 4.96. The van der Waals surface area contributed by atoms with E-state index in [0.29, 0.717) is 0 Å². The molecule has 0 bridgehead atoms. The molecule has 2 nitrogen and oxygen atoms in total. The first-order valence-corrected chi connectivity index (χ1v) is 5.40. The molecule has 0 fully saturated rings. The molecule has 1 aromatic heterocycles. The highest BCUT2D eigenvalue weighted by Crippen LogP contribution is 2.34. The molecule has 0 spiro atoms. The summed E-state index contributed by atoms with van der Waals surface area (Å²) in [7, 11) is 0. The molecular formula is C11H12N2S. The van der Waals surface area contributed by atoms with Gasteiger partial charge < -0.3 is 5.73 Å². The van der Waals surface area contributed by atoms with E-state index in [2.05, 4.69) is 19.9 Å². The molecular weight excluding hydrogens is 192 g/mol. The van der Waals surface area contributed by atoms with Crippen LogP contribution in [0.5, 0.6) is 0 Å². The van der Waals surface area contributed by atoms with E-state index in [9.17, 15) is 0 Å². The smallest absolute Gasteiger partial charge is 0.0968 e. The lowest BCUT2D eigenvalue weighted by Gasteiger charge is -2.13. The van der Waals surface area contributed by atoms with E-state index in [1.165, 1.54) is 20.9 Å². The van der Waals surface area contributed by atoms with Gasteiger partial charge in [0.1, 0.15) is 0 Å². The fraction of sp³-hybridized carbons (Fsp3) is 0.364. The first-order chi connectivity index (χ1) is 6.63. The van der Waals surface area contributed by atoms with Gasteiger partial charge in [0.15, 0.2) is 0 Å². The number of nitriles is 1. The second kappa shape index (κ2) is 3.14. The highest BCUT2D eigenvalue weighted by molar-refractivity contribution is 7.12. The Morgan fingerprint density at radius 1 is 1.36 bits per heavy atom. The highest BCUT2D eigenvalue weighted by atomic mass is 32.1. The molecule has 14 heavy (non-hydrogen) atoms. The van der Waals surface area contributed by atoms with Gasteiger partial charge in [0.2, 0.25) is 0 Å². The number of rotatable bonds is 0. The van der Waals surface area contributed by atoms with E-state index < -0.39 is 0 Å². The van der Waals surface area contributed by atoms with Gasteiger partial charge >= 0.3 is 0 Å². The zero-order valence-corrected chi connectivity index (χ0v) is 9.16. The van der Waals surface area contributed by atoms with Gasteiger partial charge in [-0.05, 0) is 25.0 Å². The van der Waals surface area contributed by atoms with E-state index in [4.69, 9.17) is 11.0 Å². The molecule has 0 unspecified atom stereocenters. The Kier molecular flexibility index (Phi) is 2.09. The van der Waals surface area contributed by atoms with E-state index in [1.54, 1.807) is 0 Å². The van der Waals surface area contributed by atoms with Crippen LogP contribution in [0, 0.1) is 25.2 Å². The summed E-state index contributed by atoms with van der Waals surface area (Å²) >= 11 is 1.81. The van der Waals surface area contributed by atoms with Crippen LogP contribution < -0.4 is 5.73 Å². The molecule has 0 radical (unpaired) electrons. The van der Waals surface area contributed by atoms with Gasteiger partial charge in [0.25, 0.3) is 0 Å². The highest BCUT2D eigenvalue weighted by Gasteiger charge is 2.20. The standard InChI is InChI=1S/C11H12N2S/c1-6-7(2)14-11-4-10(13)8(5-12)3-9(6)11/h3-4,13H2,1-2H3. The van der Waals surface area contributed by atoms with Crippen LogP contribution in [0.15, 0.2) is 11.3 Å². The third-order valence-corrected chi connectivity index (χ3v) is 4.07. The lowest BCUT2D eigenvalue weighted by Crippen LogP contribution is -2.12. The number of fused-ring (bicyclic) bond motifs is 1. The molecule has 3 heteroatoms. The Morgan fingerprint density at radius 2 is 2.07 bits per heavy atom. The maximum Gasteiger partial charge on any atom is 0.0968 e. The minimum atomic E-state index is 0.730. The van der Waals surface area contributed by atoms with Crippen LogP contribution in [0.3, 0.4) is 0 Å². The Hall–Kier alpha value is -1.27. The van der Waals surface area contributed by atoms with Crippen molar-refractivity contribution >= 4 is 11.3 Å². The molecule has 1 heterocycles. The zero-order valence-electron chi connectivity index (χ0n) is 8.35. The number of nitrogens with two attached hydrogens (primary N) is 1. The second-order valence-electron chi connectivity index (χ2n) is 3.65. The predicted molar refractivity (Wildman–Crippen MR) is 58.0 cm³/mol. The minimum Gasteiger partial charge on any atom is -0.401 e. The summed E-state index contributed by atoms with van der Waals surface area (Å²) < 4.78 is 0. The summed E-state index contributed by atoms with van der Waals surface area (Å²) in [5.74, 6) is 0. The Balaban J connectivity index is 2.50. The van der Waals surface area contributed by atoms with E-state index >= 15 is 0 Å². The number of aryl methyl sites for hydroxylation is 1. The van der Waals surface area contributed by atoms with Gasteiger partial charge in [0, 0.05) is 28.3 Å². The first kappa shape index (κ1) is 9.29. The molecule has 0 aromatic carbocycles. The molecule has 0 atom stereocenters. The number of allylic oxidation sites excluding steroid dienone is 2. The molecule has 2 rings (SSSR count). The Bertz CT molecular complexity index is 460. The van der Waals surface area contributed by atoms with Crippen molar-refractivity contribution in [1.82, 2.24) is 0 Å². The van der Waals surface area contributed by atoms with Gasteiger partial charge in [0.05, 0.1) is 11.6 Å². The third-order valence-electron chi connectivity index (χ3n) is 2.82. The molecule has 0 saturated heterocycles. The monoisotopic (exact) mass is 204 g/mol. The van der Waals surface area contributed by atoms with Crippen molar-refractivity contribution in [3.8, 4) is 6.07 Å². The summed E-state index contributed by atoms with van der Waals surface area (Å²) in [4.78, 5) is 2.69. The van der Waals surface area contributed by atoms with E-state index in [1.807, 2.05) is 11.3 Å². The molecule has 1 aromatic rings. The zero-order chi connectivity index (χ0) is 10.3. The lowest BCUT2D eigenvalue weighted by molar-refractivity contribution is 0.979. The fourth-order valence-corrected chi connectivity index (χ4v) is 3.02. The summed E-state index contributed by atoms with van der Waals surface area (Å²) in [5.41, 5.74) is 10.00. The van der Waals surface area contributed by atoms with E-state index in [-0.39, 0.29) is 0 Å². The number of nitrogens with zero attached hydrogens (tertiary/aromatic N) is 1. The summed E-state index contributed by atoms with van der Waals surface area (Å²) in [6, 6.07) is 2.19. The largest absolute Gasteiger partial charge is 0.401 e. The predicted octanol–water partition coefficient (Wildman–Crippen LogP) is 2.20.